The predicted octanol–water partition coefficient (Wildman–Crippen LogP) is 2.80. The fourth-order valence-electron chi connectivity index (χ4n) is 4.08. The van der Waals surface area contributed by atoms with Crippen LogP contribution in [0.2, 0.25) is 0 Å². The second-order valence-corrected chi connectivity index (χ2v) is 9.79. The number of likely N-dealkylation sites (N-methyl/N-ethyl adjacent to an activating group) is 1. The Hall–Kier alpha value is -2.61. The molecule has 0 aromatic carbocycles. The van der Waals surface area contributed by atoms with E-state index in [2.05, 4.69) is 57.8 Å². The van der Waals surface area contributed by atoms with Gasteiger partial charge in [0, 0.05) is 55.0 Å². The molecule has 3 aromatic rings. The zero-order valence-corrected chi connectivity index (χ0v) is 18.3. The van der Waals surface area contributed by atoms with Gasteiger partial charge in [0.1, 0.15) is 11.6 Å². The number of nitrogens with zero attached hydrogens (tertiary/aromatic N) is 8. The maximum Gasteiger partial charge on any atom is 0.178 e. The monoisotopic (exact) mass is 406 g/mol. The number of hydrogen-bond donors (Lipinski definition) is 0. The molecule has 0 N–H and O–H groups in total. The zero-order valence-electron chi connectivity index (χ0n) is 18.3. The molecule has 8 nitrogen and oxygen atoms in total. The van der Waals surface area contributed by atoms with E-state index in [1.807, 2.05) is 29.0 Å². The first-order valence-electron chi connectivity index (χ1n) is 10.9. The Labute approximate surface area is 177 Å². The van der Waals surface area contributed by atoms with Gasteiger partial charge >= 0.3 is 0 Å². The first-order valence-corrected chi connectivity index (χ1v) is 10.9. The Balaban J connectivity index is 1.21. The summed E-state index contributed by atoms with van der Waals surface area (Å²) >= 11 is 0. The molecule has 0 unspecified atom stereocenters. The summed E-state index contributed by atoms with van der Waals surface area (Å²) in [7, 11) is 2.18. The van der Waals surface area contributed by atoms with Gasteiger partial charge in [-0.05, 0) is 32.0 Å². The number of fused-ring (bicyclic) bond motifs is 1. The molecular weight excluding hydrogens is 376 g/mol. The zero-order chi connectivity index (χ0) is 20.9. The van der Waals surface area contributed by atoms with Gasteiger partial charge in [-0.25, -0.2) is 9.97 Å². The number of hydrogen-bond acceptors (Lipinski definition) is 7. The second-order valence-electron chi connectivity index (χ2n) is 9.79. The van der Waals surface area contributed by atoms with Crippen LogP contribution in [0.15, 0.2) is 24.5 Å². The molecule has 0 amide bonds. The first-order chi connectivity index (χ1) is 14.4. The quantitative estimate of drug-likeness (QED) is 0.645. The molecule has 30 heavy (non-hydrogen) atoms. The van der Waals surface area contributed by atoms with Crippen LogP contribution in [0.1, 0.15) is 63.2 Å². The molecular formula is C22H30N8. The van der Waals surface area contributed by atoms with E-state index in [1.165, 1.54) is 24.8 Å². The Morgan fingerprint density at radius 3 is 2.43 bits per heavy atom. The number of rotatable bonds is 5. The smallest absolute Gasteiger partial charge is 0.178 e. The molecule has 1 saturated heterocycles. The van der Waals surface area contributed by atoms with E-state index in [0.29, 0.717) is 12.0 Å². The topological polar surface area (TPSA) is 75.3 Å². The van der Waals surface area contributed by atoms with Crippen LogP contribution in [-0.2, 0) is 12.0 Å². The van der Waals surface area contributed by atoms with Crippen LogP contribution in [-0.4, -0.2) is 60.9 Å². The van der Waals surface area contributed by atoms with Crippen molar-refractivity contribution in [2.24, 2.45) is 0 Å². The van der Waals surface area contributed by atoms with Gasteiger partial charge in [0.25, 0.3) is 0 Å². The Morgan fingerprint density at radius 1 is 1.07 bits per heavy atom. The minimum atomic E-state index is -0.0982. The van der Waals surface area contributed by atoms with Gasteiger partial charge in [-0.3, -0.25) is 4.90 Å². The van der Waals surface area contributed by atoms with Crippen molar-refractivity contribution in [3.05, 3.63) is 41.7 Å². The third-order valence-electron chi connectivity index (χ3n) is 6.36. The van der Waals surface area contributed by atoms with Crippen LogP contribution in [0, 0.1) is 0 Å². The van der Waals surface area contributed by atoms with Crippen molar-refractivity contribution < 1.29 is 0 Å². The number of anilines is 1. The number of aromatic nitrogens is 6. The minimum Gasteiger partial charge on any atom is -0.352 e. The van der Waals surface area contributed by atoms with Gasteiger partial charge in [-0.1, -0.05) is 27.2 Å². The maximum atomic E-state index is 4.82. The fourth-order valence-corrected chi connectivity index (χ4v) is 4.08. The van der Waals surface area contributed by atoms with Crippen molar-refractivity contribution in [3.63, 3.8) is 0 Å². The van der Waals surface area contributed by atoms with Gasteiger partial charge in [-0.2, -0.15) is 4.52 Å². The van der Waals surface area contributed by atoms with Gasteiger partial charge in [0.05, 0.1) is 0 Å². The SMILES string of the molecule is CN(Cc1cnc(C2CCC2)nc1)C1CN(c2ccc3nnc(C(C)(C)C)n3n2)C1. The van der Waals surface area contributed by atoms with Crippen molar-refractivity contribution in [1.29, 1.82) is 0 Å². The van der Waals surface area contributed by atoms with Crippen LogP contribution in [0.25, 0.3) is 5.65 Å². The molecule has 1 aliphatic carbocycles. The van der Waals surface area contributed by atoms with E-state index in [-0.39, 0.29) is 5.41 Å². The molecule has 3 aromatic heterocycles. The minimum absolute atomic E-state index is 0.0982. The van der Waals surface area contributed by atoms with Crippen LogP contribution >= 0.6 is 0 Å². The second kappa shape index (κ2) is 7.27. The lowest BCUT2D eigenvalue weighted by molar-refractivity contribution is 0.196. The summed E-state index contributed by atoms with van der Waals surface area (Å²) in [6, 6.07) is 4.54. The van der Waals surface area contributed by atoms with E-state index >= 15 is 0 Å². The summed E-state index contributed by atoms with van der Waals surface area (Å²) < 4.78 is 1.88. The molecule has 5 rings (SSSR count). The van der Waals surface area contributed by atoms with Crippen molar-refractivity contribution >= 4 is 11.5 Å². The highest BCUT2D eigenvalue weighted by Crippen LogP contribution is 2.34. The molecule has 1 aliphatic heterocycles. The summed E-state index contributed by atoms with van der Waals surface area (Å²) in [5.41, 5.74) is 1.88. The van der Waals surface area contributed by atoms with Gasteiger partial charge in [-0.15, -0.1) is 15.3 Å². The molecule has 0 atom stereocenters. The normalized spacial score (nSPS) is 18.1. The molecule has 0 spiro atoms. The highest BCUT2D eigenvalue weighted by Gasteiger charge is 2.32. The summed E-state index contributed by atoms with van der Waals surface area (Å²) in [5.74, 6) is 3.48. The predicted molar refractivity (Wildman–Crippen MR) is 116 cm³/mol. The molecule has 8 heteroatoms. The van der Waals surface area contributed by atoms with E-state index in [0.717, 1.165) is 42.7 Å². The van der Waals surface area contributed by atoms with Gasteiger partial charge < -0.3 is 4.90 Å². The van der Waals surface area contributed by atoms with Crippen molar-refractivity contribution in [3.8, 4) is 0 Å². The average Bonchev–Trinajstić information content (AvgIpc) is 3.04. The molecule has 158 valence electrons. The standard InChI is InChI=1S/C22H30N8/c1-22(2,3)21-26-25-18-8-9-19(27-30(18)21)29-13-17(14-29)28(4)12-15-10-23-20(24-11-15)16-6-5-7-16/h8-11,16-17H,5-7,12-14H2,1-4H3. The summed E-state index contributed by atoms with van der Waals surface area (Å²) in [6.07, 6.45) is 7.80. The van der Waals surface area contributed by atoms with Crippen LogP contribution in [0.5, 0.6) is 0 Å². The summed E-state index contributed by atoms with van der Waals surface area (Å²) in [6.45, 7) is 9.19. The third-order valence-corrected chi connectivity index (χ3v) is 6.36. The average molecular weight is 407 g/mol. The first kappa shape index (κ1) is 19.4. The van der Waals surface area contributed by atoms with Crippen molar-refractivity contribution in [2.75, 3.05) is 25.0 Å². The molecule has 0 bridgehead atoms. The fraction of sp³-hybridized carbons (Fsp3) is 0.591. The van der Waals surface area contributed by atoms with Crippen LogP contribution in [0.3, 0.4) is 0 Å². The lowest BCUT2D eigenvalue weighted by Gasteiger charge is -2.44. The molecule has 1 saturated carbocycles. The highest BCUT2D eigenvalue weighted by molar-refractivity contribution is 5.48. The Kier molecular flexibility index (Phi) is 4.69. The molecule has 2 aliphatic rings. The van der Waals surface area contributed by atoms with E-state index in [1.54, 1.807) is 0 Å². The van der Waals surface area contributed by atoms with Crippen LogP contribution in [0.4, 0.5) is 5.82 Å². The summed E-state index contributed by atoms with van der Waals surface area (Å²) in [4.78, 5) is 13.9. The van der Waals surface area contributed by atoms with E-state index in [4.69, 9.17) is 5.10 Å². The van der Waals surface area contributed by atoms with E-state index < -0.39 is 0 Å². The lowest BCUT2D eigenvalue weighted by Crippen LogP contribution is -2.58. The van der Waals surface area contributed by atoms with Crippen molar-refractivity contribution in [1.82, 2.24) is 34.7 Å². The lowest BCUT2D eigenvalue weighted by atomic mass is 9.85. The van der Waals surface area contributed by atoms with Gasteiger partial charge in [0.15, 0.2) is 11.5 Å². The maximum absolute atomic E-state index is 4.82. The van der Waals surface area contributed by atoms with E-state index in [9.17, 15) is 0 Å². The Morgan fingerprint density at radius 2 is 1.80 bits per heavy atom. The largest absolute Gasteiger partial charge is 0.352 e. The Bertz CT molecular complexity index is 1030. The highest BCUT2D eigenvalue weighted by atomic mass is 15.4. The summed E-state index contributed by atoms with van der Waals surface area (Å²) in [5, 5.41) is 13.4. The third kappa shape index (κ3) is 3.53. The molecule has 4 heterocycles. The molecule has 2 fully saturated rings. The van der Waals surface area contributed by atoms with Crippen molar-refractivity contribution in [2.45, 2.75) is 64.0 Å². The van der Waals surface area contributed by atoms with Gasteiger partial charge in [0.2, 0.25) is 0 Å². The van der Waals surface area contributed by atoms with Crippen LogP contribution < -0.4 is 4.90 Å². The molecule has 0 radical (unpaired) electrons.